The highest BCUT2D eigenvalue weighted by atomic mass is 32.5. The summed E-state index contributed by atoms with van der Waals surface area (Å²) in [6, 6.07) is 0. The van der Waals surface area contributed by atoms with Crippen molar-refractivity contribution in [1.82, 2.24) is 0 Å². The average Bonchev–Trinajstić information content (AvgIpc) is 2.89. The molecule has 13 heteroatoms. The molecule has 9 nitrogen and oxygen atoms in total. The molecule has 0 radical (unpaired) electrons. The maximum absolute atomic E-state index is 15.7. The summed E-state index contributed by atoms with van der Waals surface area (Å²) in [5.41, 5.74) is -3.88. The van der Waals surface area contributed by atoms with Gasteiger partial charge in [0, 0.05) is 20.8 Å². The second-order valence-corrected chi connectivity index (χ2v) is 9.53. The highest BCUT2D eigenvalue weighted by molar-refractivity contribution is 8.10. The molecule has 0 aromatic carbocycles. The molecule has 1 aliphatic heterocycles. The van der Waals surface area contributed by atoms with Gasteiger partial charge in [0.25, 0.3) is 6.49 Å². The molecule has 4 atom stereocenters. The summed E-state index contributed by atoms with van der Waals surface area (Å²) in [4.78, 5) is 34.1. The number of ether oxygens (including phenoxy) is 4. The smallest absolute Gasteiger partial charge is 0.329 e. The summed E-state index contributed by atoms with van der Waals surface area (Å²) in [6.45, 7) is 0.901. The van der Waals surface area contributed by atoms with Crippen LogP contribution in [0.4, 0.5) is 8.78 Å². The Bertz CT molecular complexity index is 650. The first-order valence-corrected chi connectivity index (χ1v) is 11.4. The lowest BCUT2D eigenvalue weighted by molar-refractivity contribution is -0.197. The van der Waals surface area contributed by atoms with E-state index in [4.69, 9.17) is 39.8 Å². The predicted molar refractivity (Wildman–Crippen MR) is 98.6 cm³/mol. The highest BCUT2D eigenvalue weighted by Gasteiger charge is 2.66. The highest BCUT2D eigenvalue weighted by Crippen LogP contribution is 2.67. The molecular weight excluding hydrogens is 437 g/mol. The van der Waals surface area contributed by atoms with Crippen molar-refractivity contribution in [3.05, 3.63) is 0 Å². The van der Waals surface area contributed by atoms with Gasteiger partial charge in [-0.1, -0.05) is 0 Å². The van der Waals surface area contributed by atoms with Crippen molar-refractivity contribution in [2.45, 2.75) is 58.8 Å². The Morgan fingerprint density at radius 2 is 1.52 bits per heavy atom. The number of esters is 3. The van der Waals surface area contributed by atoms with Crippen molar-refractivity contribution in [1.29, 1.82) is 0 Å². The van der Waals surface area contributed by atoms with E-state index in [9.17, 15) is 14.4 Å². The number of alkyl halides is 2. The monoisotopic (exact) mass is 462 g/mol. The lowest BCUT2D eigenvalue weighted by Crippen LogP contribution is -2.46. The third-order valence-electron chi connectivity index (χ3n) is 3.73. The lowest BCUT2D eigenvalue weighted by Gasteiger charge is -2.36. The van der Waals surface area contributed by atoms with Crippen LogP contribution in [0.25, 0.3) is 0 Å². The molecule has 168 valence electrons. The second-order valence-electron chi connectivity index (χ2n) is 5.98. The molecule has 0 aliphatic carbocycles. The Morgan fingerprint density at radius 3 is 1.93 bits per heavy atom. The molecule has 0 unspecified atom stereocenters. The Hall–Kier alpha value is -1.20. The Labute approximate surface area is 172 Å². The molecular formula is C16H25F2O9PS. The van der Waals surface area contributed by atoms with Crippen LogP contribution in [0.3, 0.4) is 0 Å². The molecule has 1 aliphatic rings. The molecule has 1 rings (SSSR count). The van der Waals surface area contributed by atoms with E-state index in [1.165, 1.54) is 13.8 Å². The minimum atomic E-state index is -4.25. The van der Waals surface area contributed by atoms with Gasteiger partial charge < -0.3 is 28.0 Å². The molecule has 1 heterocycles. The molecule has 29 heavy (non-hydrogen) atoms. The van der Waals surface area contributed by atoms with Gasteiger partial charge in [-0.15, -0.1) is 0 Å². The van der Waals surface area contributed by atoms with E-state index in [1.807, 2.05) is 0 Å². The predicted octanol–water partition coefficient (Wildman–Crippen LogP) is 2.36. The fraction of sp³-hybridized carbons (Fsp3) is 0.812. The van der Waals surface area contributed by atoms with Crippen molar-refractivity contribution in [2.24, 2.45) is 5.92 Å². The molecule has 1 fully saturated rings. The van der Waals surface area contributed by atoms with Crippen LogP contribution in [-0.2, 0) is 54.2 Å². The van der Waals surface area contributed by atoms with Crippen LogP contribution < -0.4 is 0 Å². The van der Waals surface area contributed by atoms with Crippen LogP contribution in [-0.4, -0.2) is 61.9 Å². The topological polar surface area (TPSA) is 107 Å². The quantitative estimate of drug-likeness (QED) is 0.273. The maximum atomic E-state index is 15.7. The summed E-state index contributed by atoms with van der Waals surface area (Å²) >= 11 is 5.06. The van der Waals surface area contributed by atoms with E-state index in [-0.39, 0.29) is 13.2 Å². The van der Waals surface area contributed by atoms with Crippen LogP contribution in [0, 0.1) is 5.92 Å². The van der Waals surface area contributed by atoms with Crippen LogP contribution >= 0.6 is 6.49 Å². The number of halogens is 2. The second kappa shape index (κ2) is 10.7. The van der Waals surface area contributed by atoms with Gasteiger partial charge in [-0.25, -0.2) is 0 Å². The minimum Gasteiger partial charge on any atom is -0.463 e. The number of carbonyl (C=O) groups excluding carboxylic acids is 3. The minimum absolute atomic E-state index is 0.152. The summed E-state index contributed by atoms with van der Waals surface area (Å²) in [5, 5.41) is 0. The van der Waals surface area contributed by atoms with Crippen molar-refractivity contribution < 1.29 is 51.2 Å². The van der Waals surface area contributed by atoms with E-state index in [1.54, 1.807) is 0 Å². The molecule has 0 amide bonds. The molecule has 1 saturated heterocycles. The summed E-state index contributed by atoms with van der Waals surface area (Å²) in [5.74, 6) is -4.47. The Kier molecular flexibility index (Phi) is 9.55. The standard InChI is InChI=1S/C16H25F2O9PS/c1-6-23-28(29,24-7-2)16(17,18)13-12(8-22-9(3)19)27-15(26-11(5)21)14(13)25-10(4)20/h12-15H,6-8H2,1-5H3/t12-,13-,14-,15+/m1/s1. The zero-order chi connectivity index (χ0) is 22.4. The fourth-order valence-electron chi connectivity index (χ4n) is 2.79. The fourth-order valence-corrected chi connectivity index (χ4v) is 5.56. The summed E-state index contributed by atoms with van der Waals surface area (Å²) in [6.07, 6.45) is -4.89. The molecule has 0 aromatic rings. The molecule has 0 saturated carbocycles. The van der Waals surface area contributed by atoms with Crippen LogP contribution in [0.15, 0.2) is 0 Å². The zero-order valence-electron chi connectivity index (χ0n) is 16.7. The largest absolute Gasteiger partial charge is 0.463 e. The number of rotatable bonds is 10. The van der Waals surface area contributed by atoms with Crippen molar-refractivity contribution in [3.8, 4) is 0 Å². The van der Waals surface area contributed by atoms with Crippen LogP contribution in [0.1, 0.15) is 34.6 Å². The first-order valence-electron chi connectivity index (χ1n) is 8.79. The summed E-state index contributed by atoms with van der Waals surface area (Å²) < 4.78 is 61.7. The average molecular weight is 462 g/mol. The molecule has 0 spiro atoms. The summed E-state index contributed by atoms with van der Waals surface area (Å²) in [7, 11) is 0. The molecule has 0 N–H and O–H groups in total. The number of hydrogen-bond donors (Lipinski definition) is 0. The van der Waals surface area contributed by atoms with Gasteiger partial charge >= 0.3 is 23.6 Å². The van der Waals surface area contributed by atoms with E-state index < -0.39 is 61.1 Å². The van der Waals surface area contributed by atoms with Gasteiger partial charge in [0.1, 0.15) is 18.6 Å². The van der Waals surface area contributed by atoms with Crippen molar-refractivity contribution >= 4 is 36.2 Å². The van der Waals surface area contributed by atoms with E-state index >= 15 is 8.78 Å². The maximum Gasteiger partial charge on any atom is 0.329 e. The Balaban J connectivity index is 3.44. The van der Waals surface area contributed by atoms with Gasteiger partial charge in [0.05, 0.1) is 13.2 Å². The van der Waals surface area contributed by atoms with Gasteiger partial charge in [-0.3, -0.25) is 14.4 Å². The van der Waals surface area contributed by atoms with E-state index in [0.29, 0.717) is 0 Å². The van der Waals surface area contributed by atoms with Crippen molar-refractivity contribution in [3.63, 3.8) is 0 Å². The third kappa shape index (κ3) is 6.39. The van der Waals surface area contributed by atoms with Gasteiger partial charge in [-0.2, -0.15) is 8.78 Å². The third-order valence-corrected chi connectivity index (χ3v) is 7.32. The first-order chi connectivity index (χ1) is 13.4. The molecule has 0 aromatic heterocycles. The van der Waals surface area contributed by atoms with Gasteiger partial charge in [0.15, 0.2) is 6.10 Å². The molecule has 0 bridgehead atoms. The number of hydrogen-bond acceptors (Lipinski definition) is 10. The Morgan fingerprint density at radius 1 is 1.00 bits per heavy atom. The van der Waals surface area contributed by atoms with Crippen LogP contribution in [0.2, 0.25) is 0 Å². The van der Waals surface area contributed by atoms with Gasteiger partial charge in [-0.05, 0) is 25.7 Å². The van der Waals surface area contributed by atoms with E-state index in [2.05, 4.69) is 0 Å². The SMILES string of the molecule is CCOP(=S)(OCC)C(F)(F)[C@H]1[C@@H](OC(C)=O)[C@@H](OC(C)=O)O[C@@H]1COC(C)=O. The number of carbonyl (C=O) groups is 3. The van der Waals surface area contributed by atoms with Gasteiger partial charge in [0.2, 0.25) is 6.29 Å². The van der Waals surface area contributed by atoms with Crippen molar-refractivity contribution in [2.75, 3.05) is 19.8 Å². The normalized spacial score (nSPS) is 24.8. The van der Waals surface area contributed by atoms with E-state index in [0.717, 1.165) is 20.8 Å². The first kappa shape index (κ1) is 25.8. The lowest BCUT2D eigenvalue weighted by atomic mass is 9.98. The van der Waals surface area contributed by atoms with Crippen LogP contribution in [0.5, 0.6) is 0 Å². The zero-order valence-corrected chi connectivity index (χ0v) is 18.4.